The predicted molar refractivity (Wildman–Crippen MR) is 142 cm³/mol. The van der Waals surface area contributed by atoms with Crippen molar-refractivity contribution in [2.24, 2.45) is 0 Å². The maximum Gasteiger partial charge on any atom is 0.251 e. The molecule has 38 heavy (non-hydrogen) atoms. The van der Waals surface area contributed by atoms with Crippen LogP contribution in [0.25, 0.3) is 0 Å². The summed E-state index contributed by atoms with van der Waals surface area (Å²) in [6, 6.07) is 6.13. The third kappa shape index (κ3) is 5.41. The fourth-order valence-corrected chi connectivity index (χ4v) is 4.29. The van der Waals surface area contributed by atoms with E-state index in [0.717, 1.165) is 5.56 Å². The zero-order chi connectivity index (χ0) is 28.3. The predicted octanol–water partition coefficient (Wildman–Crippen LogP) is 6.72. The zero-order valence-corrected chi connectivity index (χ0v) is 21.8. The molecule has 3 aromatic rings. The van der Waals surface area contributed by atoms with Gasteiger partial charge in [-0.25, -0.2) is 17.6 Å². The highest BCUT2D eigenvalue weighted by molar-refractivity contribution is 5.95. The van der Waals surface area contributed by atoms with Gasteiger partial charge in [-0.15, -0.1) is 13.2 Å². The maximum absolute atomic E-state index is 15.0. The van der Waals surface area contributed by atoms with Gasteiger partial charge in [0.15, 0.2) is 0 Å². The minimum Gasteiger partial charge on any atom is -0.355 e. The Balaban J connectivity index is 0.00000174. The van der Waals surface area contributed by atoms with Crippen LogP contribution in [0.5, 0.6) is 0 Å². The van der Waals surface area contributed by atoms with Gasteiger partial charge in [0.05, 0.1) is 18.3 Å². The first-order valence-corrected chi connectivity index (χ1v) is 11.8. The maximum atomic E-state index is 15.0. The van der Waals surface area contributed by atoms with Crippen molar-refractivity contribution in [2.75, 3.05) is 11.9 Å². The van der Waals surface area contributed by atoms with Crippen LogP contribution in [0, 0.1) is 37.1 Å². The summed E-state index contributed by atoms with van der Waals surface area (Å²) in [5.74, 6) is -3.55. The average molecular weight is 529 g/mol. The highest BCUT2D eigenvalue weighted by Gasteiger charge is 2.31. The van der Waals surface area contributed by atoms with Crippen molar-refractivity contribution < 1.29 is 23.8 Å². The van der Waals surface area contributed by atoms with Crippen molar-refractivity contribution in [1.82, 2.24) is 15.2 Å². The van der Waals surface area contributed by atoms with Crippen LogP contribution < -0.4 is 10.2 Å². The number of aryl methyl sites for hydroxylation is 2. The quantitative estimate of drug-likeness (QED) is 0.295. The van der Waals surface area contributed by atoms with E-state index in [-0.39, 0.29) is 25.3 Å². The molecule has 0 fully saturated rings. The fourth-order valence-electron chi connectivity index (χ4n) is 4.29. The molecule has 1 aromatic heterocycles. The van der Waals surface area contributed by atoms with Gasteiger partial charge in [-0.2, -0.15) is 0 Å². The van der Waals surface area contributed by atoms with Crippen LogP contribution in [0.2, 0.25) is 0 Å². The molecule has 0 saturated carbocycles. The molecule has 0 bridgehead atoms. The monoisotopic (exact) mass is 528 g/mol. The molecule has 4 rings (SSSR count). The Bertz CT molecular complexity index is 1370. The van der Waals surface area contributed by atoms with Crippen LogP contribution >= 0.6 is 0 Å². The van der Waals surface area contributed by atoms with Crippen molar-refractivity contribution in [2.45, 2.75) is 39.9 Å². The summed E-state index contributed by atoms with van der Waals surface area (Å²) in [6.45, 7) is 15.3. The standard InChI is InChI=1S/C27H26F4N4O.C2H4.H2/c1-14-11-32-15(2)26(31)22(14)13-35-17(4)34(5)16(3)20-7-6-18(8-25(20)35)27(36)33-12-21-23(29)9-19(28)10-24(21)30;1-2;/h6-11,16H,4,12-13H2,1-3,5H3,(H,33,36);1-2H2;1H/t16-;;/m0../s1. The van der Waals surface area contributed by atoms with Gasteiger partial charge in [-0.3, -0.25) is 9.78 Å². The lowest BCUT2D eigenvalue weighted by Crippen LogP contribution is -2.39. The minimum atomic E-state index is -1.08. The molecular formula is C29H32F4N4O. The number of fused-ring (bicyclic) bond motifs is 1. The van der Waals surface area contributed by atoms with Crippen LogP contribution in [0.4, 0.5) is 23.2 Å². The lowest BCUT2D eigenvalue weighted by Gasteiger charge is -2.43. The van der Waals surface area contributed by atoms with Crippen LogP contribution in [0.15, 0.2) is 62.1 Å². The first-order valence-electron chi connectivity index (χ1n) is 11.8. The Morgan fingerprint density at radius 2 is 1.71 bits per heavy atom. The second-order valence-electron chi connectivity index (χ2n) is 8.91. The van der Waals surface area contributed by atoms with Gasteiger partial charge in [-0.1, -0.05) is 12.6 Å². The smallest absolute Gasteiger partial charge is 0.251 e. The summed E-state index contributed by atoms with van der Waals surface area (Å²) in [4.78, 5) is 20.7. The van der Waals surface area contributed by atoms with E-state index in [1.165, 1.54) is 0 Å². The van der Waals surface area contributed by atoms with Crippen molar-refractivity contribution in [3.63, 3.8) is 0 Å². The molecule has 5 nitrogen and oxygen atoms in total. The number of halogens is 4. The second-order valence-corrected chi connectivity index (χ2v) is 8.91. The lowest BCUT2D eigenvalue weighted by molar-refractivity contribution is 0.0950. The summed E-state index contributed by atoms with van der Waals surface area (Å²) >= 11 is 0. The molecule has 0 unspecified atom stereocenters. The molecule has 0 radical (unpaired) electrons. The number of anilines is 1. The highest BCUT2D eigenvalue weighted by Crippen LogP contribution is 2.40. The third-order valence-electron chi connectivity index (χ3n) is 6.69. The summed E-state index contributed by atoms with van der Waals surface area (Å²) in [7, 11) is 1.89. The number of nitrogens with zero attached hydrogens (tertiary/aromatic N) is 3. The van der Waals surface area contributed by atoms with Crippen LogP contribution in [-0.4, -0.2) is 22.8 Å². The summed E-state index contributed by atoms with van der Waals surface area (Å²) in [5, 5.41) is 2.48. The molecule has 202 valence electrons. The van der Waals surface area contributed by atoms with Gasteiger partial charge >= 0.3 is 0 Å². The fraction of sp³-hybridized carbons (Fsp3) is 0.241. The number of carbonyl (C=O) groups excluding carboxylic acids is 1. The van der Waals surface area contributed by atoms with Crippen LogP contribution in [0.3, 0.4) is 0 Å². The highest BCUT2D eigenvalue weighted by atomic mass is 19.1. The molecule has 1 aliphatic heterocycles. The Labute approximate surface area is 221 Å². The van der Waals surface area contributed by atoms with Crippen LogP contribution in [-0.2, 0) is 13.1 Å². The van der Waals surface area contributed by atoms with E-state index >= 15 is 0 Å². The number of nitrogens with one attached hydrogen (secondary N) is 1. The number of aromatic nitrogens is 1. The summed E-state index contributed by atoms with van der Waals surface area (Å²) in [6.07, 6.45) is 1.62. The number of hydrogen-bond donors (Lipinski definition) is 1. The molecule has 0 spiro atoms. The Morgan fingerprint density at radius 3 is 2.34 bits per heavy atom. The molecule has 1 amide bonds. The lowest BCUT2D eigenvalue weighted by atomic mass is 9.97. The number of rotatable bonds is 5. The molecule has 1 atom stereocenters. The van der Waals surface area contributed by atoms with Gasteiger partial charge in [0.1, 0.15) is 29.1 Å². The first kappa shape index (κ1) is 28.4. The Kier molecular flexibility index (Phi) is 8.60. The third-order valence-corrected chi connectivity index (χ3v) is 6.69. The van der Waals surface area contributed by atoms with E-state index in [1.54, 1.807) is 38.2 Å². The molecule has 2 aromatic carbocycles. The average Bonchev–Trinajstić information content (AvgIpc) is 2.89. The molecule has 0 aliphatic carbocycles. The van der Waals surface area contributed by atoms with E-state index < -0.39 is 41.3 Å². The first-order chi connectivity index (χ1) is 18.0. The Hall–Kier alpha value is -4.14. The SMILES string of the molecule is C=C.C=C1N(Cc2c(C)cnc(C)c2F)c2cc(C(=O)NCc3c(F)cc(F)cc3F)ccc2[C@H](C)N1C.[HH]. The topological polar surface area (TPSA) is 48.5 Å². The van der Waals surface area contributed by atoms with E-state index in [0.29, 0.717) is 34.8 Å². The van der Waals surface area contributed by atoms with Gasteiger partial charge in [-0.05, 0) is 44.0 Å². The van der Waals surface area contributed by atoms with Gasteiger partial charge in [0.25, 0.3) is 5.91 Å². The summed E-state index contributed by atoms with van der Waals surface area (Å²) in [5.41, 5.74) is 2.82. The number of amides is 1. The Morgan fingerprint density at radius 1 is 1.08 bits per heavy atom. The van der Waals surface area contributed by atoms with E-state index in [4.69, 9.17) is 0 Å². The molecule has 9 heteroatoms. The molecule has 1 N–H and O–H groups in total. The van der Waals surface area contributed by atoms with Gasteiger partial charge < -0.3 is 15.1 Å². The zero-order valence-electron chi connectivity index (χ0n) is 21.8. The number of benzene rings is 2. The van der Waals surface area contributed by atoms with Crippen LogP contribution in [0.1, 0.15) is 52.7 Å². The normalized spacial score (nSPS) is 14.5. The molecule has 1 aliphatic rings. The number of carbonyl (C=O) groups is 1. The van der Waals surface area contributed by atoms with E-state index in [2.05, 4.69) is 30.0 Å². The summed E-state index contributed by atoms with van der Waals surface area (Å²) < 4.78 is 56.1. The van der Waals surface area contributed by atoms with Gasteiger partial charge in [0.2, 0.25) is 0 Å². The minimum absolute atomic E-state index is 0. The largest absolute Gasteiger partial charge is 0.355 e. The van der Waals surface area contributed by atoms with E-state index in [9.17, 15) is 22.4 Å². The number of hydrogen-bond acceptors (Lipinski definition) is 4. The van der Waals surface area contributed by atoms with E-state index in [1.807, 2.05) is 23.8 Å². The molecule has 2 heterocycles. The van der Waals surface area contributed by atoms with Crippen molar-refractivity contribution in [3.8, 4) is 0 Å². The molecular weight excluding hydrogens is 496 g/mol. The van der Waals surface area contributed by atoms with Crippen molar-refractivity contribution in [1.29, 1.82) is 0 Å². The van der Waals surface area contributed by atoms with Crippen molar-refractivity contribution >= 4 is 11.6 Å². The second kappa shape index (κ2) is 11.5. The molecule has 0 saturated heterocycles. The van der Waals surface area contributed by atoms with Gasteiger partial charge in [0, 0.05) is 55.7 Å². The van der Waals surface area contributed by atoms with Crippen molar-refractivity contribution in [3.05, 3.63) is 119 Å². The number of pyridine rings is 1.